The zero-order chi connectivity index (χ0) is 14.3. The quantitative estimate of drug-likeness (QED) is 0.878. The van der Waals surface area contributed by atoms with E-state index in [1.165, 1.54) is 0 Å². The number of benzene rings is 2. The van der Waals surface area contributed by atoms with E-state index in [1.54, 1.807) is 0 Å². The van der Waals surface area contributed by atoms with Gasteiger partial charge in [-0.25, -0.2) is 0 Å². The Morgan fingerprint density at radius 2 is 1.85 bits per heavy atom. The summed E-state index contributed by atoms with van der Waals surface area (Å²) in [6.07, 6.45) is -0.664. The standard InChI is InChI=1S/C17H17NO2/c1-10-8-13(16(19)12-6-4-3-5-7-12)9-14-11(2)17(20)18-15(10)14/h3-9,11,16,19H,1-2H3,(H,18,20). The Bertz CT molecular complexity index is 664. The number of carbonyl (C=O) groups is 1. The first kappa shape index (κ1) is 12.9. The van der Waals surface area contributed by atoms with Gasteiger partial charge >= 0.3 is 0 Å². The molecule has 2 aromatic carbocycles. The van der Waals surface area contributed by atoms with E-state index in [1.807, 2.05) is 56.3 Å². The molecule has 0 spiro atoms. The molecule has 3 nitrogen and oxygen atoms in total. The van der Waals surface area contributed by atoms with Crippen LogP contribution in [0, 0.1) is 6.92 Å². The molecule has 3 rings (SSSR count). The van der Waals surface area contributed by atoms with Crippen molar-refractivity contribution in [1.29, 1.82) is 0 Å². The molecular weight excluding hydrogens is 250 g/mol. The zero-order valence-corrected chi connectivity index (χ0v) is 11.6. The molecule has 2 aromatic rings. The van der Waals surface area contributed by atoms with Crippen LogP contribution in [-0.4, -0.2) is 11.0 Å². The van der Waals surface area contributed by atoms with Gasteiger partial charge in [0.1, 0.15) is 6.10 Å². The first-order valence-corrected chi connectivity index (χ1v) is 6.76. The van der Waals surface area contributed by atoms with Gasteiger partial charge < -0.3 is 10.4 Å². The van der Waals surface area contributed by atoms with E-state index in [0.717, 1.165) is 27.9 Å². The van der Waals surface area contributed by atoms with Crippen LogP contribution in [0.4, 0.5) is 5.69 Å². The van der Waals surface area contributed by atoms with Gasteiger partial charge in [0, 0.05) is 5.69 Å². The predicted molar refractivity (Wildman–Crippen MR) is 78.7 cm³/mol. The SMILES string of the molecule is Cc1cc(C(O)c2ccccc2)cc2c1NC(=O)C2C. The summed E-state index contributed by atoms with van der Waals surface area (Å²) in [5.41, 5.74) is 4.55. The average Bonchev–Trinajstić information content (AvgIpc) is 2.76. The molecule has 0 radical (unpaired) electrons. The van der Waals surface area contributed by atoms with Gasteiger partial charge in [0.15, 0.2) is 0 Å². The fourth-order valence-corrected chi connectivity index (χ4v) is 2.71. The number of hydrogen-bond donors (Lipinski definition) is 2. The summed E-state index contributed by atoms with van der Waals surface area (Å²) in [5.74, 6) is -0.138. The lowest BCUT2D eigenvalue weighted by Crippen LogP contribution is -2.08. The van der Waals surface area contributed by atoms with Gasteiger partial charge in [0.05, 0.1) is 5.92 Å². The zero-order valence-electron chi connectivity index (χ0n) is 11.6. The van der Waals surface area contributed by atoms with Crippen LogP contribution in [-0.2, 0) is 4.79 Å². The molecule has 2 N–H and O–H groups in total. The maximum absolute atomic E-state index is 11.8. The number of carbonyl (C=O) groups excluding carboxylic acids is 1. The second-order valence-corrected chi connectivity index (χ2v) is 5.33. The van der Waals surface area contributed by atoms with Crippen molar-refractivity contribution in [3.8, 4) is 0 Å². The normalized spacial score (nSPS) is 18.6. The van der Waals surface area contributed by atoms with Crippen molar-refractivity contribution >= 4 is 11.6 Å². The Morgan fingerprint density at radius 3 is 2.55 bits per heavy atom. The first-order chi connectivity index (χ1) is 9.58. The Balaban J connectivity index is 2.05. The van der Waals surface area contributed by atoms with Gasteiger partial charge in [0.2, 0.25) is 5.91 Å². The molecule has 2 unspecified atom stereocenters. The third-order valence-electron chi connectivity index (χ3n) is 3.93. The number of aryl methyl sites for hydroxylation is 1. The molecule has 3 heteroatoms. The number of aliphatic hydroxyl groups excluding tert-OH is 1. The smallest absolute Gasteiger partial charge is 0.231 e. The number of anilines is 1. The van der Waals surface area contributed by atoms with E-state index in [9.17, 15) is 9.90 Å². The Hall–Kier alpha value is -2.13. The average molecular weight is 267 g/mol. The van der Waals surface area contributed by atoms with Gasteiger partial charge in [-0.2, -0.15) is 0 Å². The van der Waals surface area contributed by atoms with E-state index in [4.69, 9.17) is 0 Å². The van der Waals surface area contributed by atoms with Crippen LogP contribution in [0.5, 0.6) is 0 Å². The monoisotopic (exact) mass is 267 g/mol. The van der Waals surface area contributed by atoms with Gasteiger partial charge in [-0.05, 0) is 42.2 Å². The summed E-state index contributed by atoms with van der Waals surface area (Å²) in [6, 6.07) is 13.4. The number of rotatable bonds is 2. The van der Waals surface area contributed by atoms with Crippen LogP contribution < -0.4 is 5.32 Å². The highest BCUT2D eigenvalue weighted by atomic mass is 16.3. The van der Waals surface area contributed by atoms with E-state index in [2.05, 4.69) is 5.32 Å². The summed E-state index contributed by atoms with van der Waals surface area (Å²) in [4.78, 5) is 11.8. The Labute approximate surface area is 118 Å². The minimum Gasteiger partial charge on any atom is -0.384 e. The van der Waals surface area contributed by atoms with E-state index in [-0.39, 0.29) is 11.8 Å². The van der Waals surface area contributed by atoms with Crippen molar-refractivity contribution in [3.63, 3.8) is 0 Å². The first-order valence-electron chi connectivity index (χ1n) is 6.76. The van der Waals surface area contributed by atoms with Gasteiger partial charge in [0.25, 0.3) is 0 Å². The highest BCUT2D eigenvalue weighted by Gasteiger charge is 2.29. The third-order valence-corrected chi connectivity index (χ3v) is 3.93. The van der Waals surface area contributed by atoms with Crippen LogP contribution in [0.3, 0.4) is 0 Å². The van der Waals surface area contributed by atoms with E-state index >= 15 is 0 Å². The second-order valence-electron chi connectivity index (χ2n) is 5.33. The van der Waals surface area contributed by atoms with E-state index < -0.39 is 6.10 Å². The largest absolute Gasteiger partial charge is 0.384 e. The molecule has 1 aliphatic rings. The number of fused-ring (bicyclic) bond motifs is 1. The summed E-state index contributed by atoms with van der Waals surface area (Å²) >= 11 is 0. The molecule has 0 aromatic heterocycles. The van der Waals surface area contributed by atoms with Gasteiger partial charge in [-0.1, -0.05) is 36.4 Å². The molecular formula is C17H17NO2. The molecule has 0 fully saturated rings. The van der Waals surface area contributed by atoms with Crippen molar-refractivity contribution in [1.82, 2.24) is 0 Å². The minimum absolute atomic E-state index is 0.0226. The molecule has 2 atom stereocenters. The molecule has 1 heterocycles. The van der Waals surface area contributed by atoms with Crippen LogP contribution in [0.25, 0.3) is 0 Å². The Kier molecular flexibility index (Phi) is 3.07. The third kappa shape index (κ3) is 2.00. The van der Waals surface area contributed by atoms with Gasteiger partial charge in [-0.3, -0.25) is 4.79 Å². The lowest BCUT2D eigenvalue weighted by Gasteiger charge is -2.15. The van der Waals surface area contributed by atoms with Gasteiger partial charge in [-0.15, -0.1) is 0 Å². The highest BCUT2D eigenvalue weighted by Crippen LogP contribution is 2.37. The molecule has 0 aliphatic carbocycles. The molecule has 102 valence electrons. The second kappa shape index (κ2) is 4.76. The van der Waals surface area contributed by atoms with Crippen molar-refractivity contribution in [2.24, 2.45) is 0 Å². The van der Waals surface area contributed by atoms with Crippen molar-refractivity contribution in [2.45, 2.75) is 25.9 Å². The molecule has 1 aliphatic heterocycles. The molecule has 0 saturated carbocycles. The fourth-order valence-electron chi connectivity index (χ4n) is 2.71. The summed E-state index contributed by atoms with van der Waals surface area (Å²) in [6.45, 7) is 3.84. The number of nitrogens with one attached hydrogen (secondary N) is 1. The van der Waals surface area contributed by atoms with Crippen LogP contribution in [0.15, 0.2) is 42.5 Å². The van der Waals surface area contributed by atoms with Crippen molar-refractivity contribution < 1.29 is 9.90 Å². The van der Waals surface area contributed by atoms with E-state index in [0.29, 0.717) is 0 Å². The lowest BCUT2D eigenvalue weighted by molar-refractivity contribution is -0.116. The number of hydrogen-bond acceptors (Lipinski definition) is 2. The lowest BCUT2D eigenvalue weighted by atomic mass is 9.93. The van der Waals surface area contributed by atoms with Crippen molar-refractivity contribution in [3.05, 3.63) is 64.7 Å². The summed E-state index contributed by atoms with van der Waals surface area (Å²) in [7, 11) is 0. The van der Waals surface area contributed by atoms with Crippen LogP contribution in [0.2, 0.25) is 0 Å². The van der Waals surface area contributed by atoms with Crippen LogP contribution in [0.1, 0.15) is 41.2 Å². The summed E-state index contributed by atoms with van der Waals surface area (Å²) in [5, 5.41) is 13.4. The number of amides is 1. The topological polar surface area (TPSA) is 49.3 Å². The fraction of sp³-hybridized carbons (Fsp3) is 0.235. The maximum Gasteiger partial charge on any atom is 0.231 e. The number of aliphatic hydroxyl groups is 1. The van der Waals surface area contributed by atoms with Crippen LogP contribution >= 0.6 is 0 Å². The molecule has 20 heavy (non-hydrogen) atoms. The maximum atomic E-state index is 11.8. The van der Waals surface area contributed by atoms with Crippen molar-refractivity contribution in [2.75, 3.05) is 5.32 Å². The molecule has 0 saturated heterocycles. The Morgan fingerprint density at radius 1 is 1.15 bits per heavy atom. The predicted octanol–water partition coefficient (Wildman–Crippen LogP) is 3.13. The summed E-state index contributed by atoms with van der Waals surface area (Å²) < 4.78 is 0. The minimum atomic E-state index is -0.664. The molecule has 0 bridgehead atoms. The highest BCUT2D eigenvalue weighted by molar-refractivity contribution is 6.03. The molecule has 1 amide bonds.